The molecule has 1 N–H and O–H groups in total. The molecule has 5 rings (SSSR count). The summed E-state index contributed by atoms with van der Waals surface area (Å²) < 4.78 is 8.04. The van der Waals surface area contributed by atoms with Gasteiger partial charge in [-0.05, 0) is 44.9 Å². The highest BCUT2D eigenvalue weighted by Gasteiger charge is 2.38. The first-order chi connectivity index (χ1) is 12.3. The van der Waals surface area contributed by atoms with E-state index in [9.17, 15) is 0 Å². The summed E-state index contributed by atoms with van der Waals surface area (Å²) in [5.74, 6) is 3.13. The lowest BCUT2D eigenvalue weighted by molar-refractivity contribution is 0.0979. The van der Waals surface area contributed by atoms with Gasteiger partial charge in [0.15, 0.2) is 0 Å². The molecule has 0 bridgehead atoms. The summed E-state index contributed by atoms with van der Waals surface area (Å²) in [5.41, 5.74) is 0. The largest absolute Gasteiger partial charge is 0.380 e. The summed E-state index contributed by atoms with van der Waals surface area (Å²) in [6, 6.07) is 1.94. The Morgan fingerprint density at radius 3 is 2.68 bits per heavy atom. The van der Waals surface area contributed by atoms with Gasteiger partial charge in [-0.3, -0.25) is 4.90 Å². The lowest BCUT2D eigenvalue weighted by Gasteiger charge is -2.30. The van der Waals surface area contributed by atoms with E-state index in [0.717, 1.165) is 13.1 Å². The number of hydrogen-bond donors (Lipinski definition) is 1. The first kappa shape index (κ1) is 16.2. The van der Waals surface area contributed by atoms with Crippen LogP contribution < -0.4 is 5.32 Å². The molecule has 1 saturated heterocycles. The van der Waals surface area contributed by atoms with Gasteiger partial charge in [0.2, 0.25) is 0 Å². The van der Waals surface area contributed by atoms with E-state index < -0.39 is 0 Å². The highest BCUT2D eigenvalue weighted by Crippen LogP contribution is 2.44. The number of nitrogens with zero attached hydrogens (tertiary/aromatic N) is 4. The molecule has 138 valence electrons. The molecule has 25 heavy (non-hydrogen) atoms. The maximum absolute atomic E-state index is 5.56. The van der Waals surface area contributed by atoms with Crippen molar-refractivity contribution in [3.05, 3.63) is 11.6 Å². The first-order valence-electron chi connectivity index (χ1n) is 10.3. The number of nitrogens with one attached hydrogen (secondary N) is 1. The Kier molecular flexibility index (Phi) is 4.30. The molecule has 0 aromatic carbocycles. The predicted molar refractivity (Wildman–Crippen MR) is 95.5 cm³/mol. The van der Waals surface area contributed by atoms with Gasteiger partial charge in [-0.15, -0.1) is 10.2 Å². The van der Waals surface area contributed by atoms with Crippen LogP contribution in [0.25, 0.3) is 0 Å². The average molecular weight is 345 g/mol. The van der Waals surface area contributed by atoms with Gasteiger partial charge in [0.1, 0.15) is 11.6 Å². The smallest absolute Gasteiger partial charge is 0.147 e. The first-order valence-corrected chi connectivity index (χ1v) is 10.3. The minimum Gasteiger partial charge on any atom is -0.380 e. The minimum atomic E-state index is 0.431. The Morgan fingerprint density at radius 2 is 1.96 bits per heavy atom. The van der Waals surface area contributed by atoms with Gasteiger partial charge >= 0.3 is 0 Å². The van der Waals surface area contributed by atoms with Crippen molar-refractivity contribution in [2.24, 2.45) is 0 Å². The highest BCUT2D eigenvalue weighted by atomic mass is 16.5. The number of methoxy groups -OCH3 is 1. The van der Waals surface area contributed by atoms with Gasteiger partial charge in [0.25, 0.3) is 0 Å². The average Bonchev–Trinajstić information content (AvgIpc) is 3.51. The topological polar surface area (TPSA) is 55.2 Å². The minimum absolute atomic E-state index is 0.431. The molecule has 6 nitrogen and oxygen atoms in total. The van der Waals surface area contributed by atoms with Crippen LogP contribution in [-0.2, 0) is 11.3 Å². The van der Waals surface area contributed by atoms with Crippen LogP contribution in [0.1, 0.15) is 75.0 Å². The van der Waals surface area contributed by atoms with E-state index in [1.807, 2.05) is 7.11 Å². The summed E-state index contributed by atoms with van der Waals surface area (Å²) >= 11 is 0. The number of likely N-dealkylation sites (tertiary alicyclic amines) is 1. The molecule has 1 aromatic rings. The molecule has 4 fully saturated rings. The second-order valence-electron chi connectivity index (χ2n) is 8.48. The SMILES string of the molecule is COC1CCN([C@H]2CCC[C@H]2NCc2nnc(C3CC3)n2C2CC2)C1. The Balaban J connectivity index is 1.24. The molecule has 3 aliphatic carbocycles. The molecule has 6 heteroatoms. The molecule has 4 aliphatic rings. The van der Waals surface area contributed by atoms with Crippen molar-refractivity contribution in [1.82, 2.24) is 25.0 Å². The van der Waals surface area contributed by atoms with Crippen LogP contribution in [0, 0.1) is 0 Å². The van der Waals surface area contributed by atoms with Gasteiger partial charge in [-0.1, -0.05) is 6.42 Å². The second kappa shape index (κ2) is 6.63. The fourth-order valence-electron chi connectivity index (χ4n) is 4.89. The summed E-state index contributed by atoms with van der Waals surface area (Å²) in [6.07, 6.45) is 10.8. The van der Waals surface area contributed by atoms with Crippen molar-refractivity contribution in [1.29, 1.82) is 0 Å². The molecule has 0 amide bonds. The number of rotatable bonds is 7. The summed E-state index contributed by atoms with van der Waals surface area (Å²) in [6.45, 7) is 3.16. The van der Waals surface area contributed by atoms with Gasteiger partial charge in [0.05, 0.1) is 12.6 Å². The summed E-state index contributed by atoms with van der Waals surface area (Å²) in [7, 11) is 1.85. The van der Waals surface area contributed by atoms with E-state index in [0.29, 0.717) is 30.1 Å². The van der Waals surface area contributed by atoms with Crippen LogP contribution in [0.15, 0.2) is 0 Å². The maximum atomic E-state index is 5.56. The summed E-state index contributed by atoms with van der Waals surface area (Å²) in [4.78, 5) is 2.65. The second-order valence-corrected chi connectivity index (χ2v) is 8.48. The summed E-state index contributed by atoms with van der Waals surface area (Å²) in [5, 5.41) is 13.0. The monoisotopic (exact) mass is 345 g/mol. The van der Waals surface area contributed by atoms with Crippen molar-refractivity contribution in [2.75, 3.05) is 20.2 Å². The van der Waals surface area contributed by atoms with E-state index in [2.05, 4.69) is 25.0 Å². The molecule has 3 atom stereocenters. The molecule has 1 aliphatic heterocycles. The number of ether oxygens (including phenoxy) is 1. The van der Waals surface area contributed by atoms with Crippen molar-refractivity contribution < 1.29 is 4.74 Å². The Labute approximate surface area is 150 Å². The zero-order valence-electron chi connectivity index (χ0n) is 15.4. The number of aromatic nitrogens is 3. The van der Waals surface area contributed by atoms with Gasteiger partial charge in [-0.2, -0.15) is 0 Å². The van der Waals surface area contributed by atoms with E-state index in [1.165, 1.54) is 69.6 Å². The van der Waals surface area contributed by atoms with Gasteiger partial charge in [0, 0.05) is 44.2 Å². The van der Waals surface area contributed by atoms with Gasteiger partial charge in [-0.25, -0.2) is 0 Å². The molecule has 2 heterocycles. The van der Waals surface area contributed by atoms with E-state index >= 15 is 0 Å². The molecule has 3 saturated carbocycles. The Bertz CT molecular complexity index is 609. The van der Waals surface area contributed by atoms with Crippen LogP contribution in [0.3, 0.4) is 0 Å². The predicted octanol–water partition coefficient (Wildman–Crippen LogP) is 2.22. The van der Waals surface area contributed by atoms with Crippen LogP contribution >= 0.6 is 0 Å². The normalized spacial score (nSPS) is 33.4. The van der Waals surface area contributed by atoms with Crippen LogP contribution in [0.2, 0.25) is 0 Å². The molecule has 1 unspecified atom stereocenters. The quantitative estimate of drug-likeness (QED) is 0.821. The van der Waals surface area contributed by atoms with Crippen molar-refractivity contribution in [3.63, 3.8) is 0 Å². The fourth-order valence-corrected chi connectivity index (χ4v) is 4.89. The number of hydrogen-bond acceptors (Lipinski definition) is 5. The molecule has 1 aromatic heterocycles. The lowest BCUT2D eigenvalue weighted by atomic mass is 10.1. The molecular formula is C19H31N5O. The van der Waals surface area contributed by atoms with Crippen molar-refractivity contribution in [3.8, 4) is 0 Å². The fraction of sp³-hybridized carbons (Fsp3) is 0.895. The van der Waals surface area contributed by atoms with Crippen molar-refractivity contribution >= 4 is 0 Å². The van der Waals surface area contributed by atoms with E-state index in [1.54, 1.807) is 0 Å². The molecule has 0 radical (unpaired) electrons. The Hall–Kier alpha value is -0.980. The third-order valence-corrected chi connectivity index (χ3v) is 6.63. The molecule has 0 spiro atoms. The van der Waals surface area contributed by atoms with Crippen LogP contribution in [0.4, 0.5) is 0 Å². The molecular weight excluding hydrogens is 314 g/mol. The zero-order valence-corrected chi connectivity index (χ0v) is 15.4. The van der Waals surface area contributed by atoms with Crippen LogP contribution in [0.5, 0.6) is 0 Å². The maximum Gasteiger partial charge on any atom is 0.147 e. The van der Waals surface area contributed by atoms with E-state index in [4.69, 9.17) is 4.74 Å². The standard InChI is InChI=1S/C19H31N5O/c1-25-15-9-10-23(12-15)17-4-2-3-16(17)20-11-18-21-22-19(13-5-6-13)24(18)14-7-8-14/h13-17,20H,2-12H2,1H3/t15?,16-,17+/m1/s1. The zero-order chi connectivity index (χ0) is 16.8. The Morgan fingerprint density at radius 1 is 1.08 bits per heavy atom. The third-order valence-electron chi connectivity index (χ3n) is 6.63. The van der Waals surface area contributed by atoms with Crippen molar-refractivity contribution in [2.45, 2.75) is 88.1 Å². The lowest BCUT2D eigenvalue weighted by Crippen LogP contribution is -2.46. The van der Waals surface area contributed by atoms with Gasteiger partial charge < -0.3 is 14.6 Å². The van der Waals surface area contributed by atoms with Crippen LogP contribution in [-0.4, -0.2) is 58.1 Å². The highest BCUT2D eigenvalue weighted by molar-refractivity contribution is 5.12. The van der Waals surface area contributed by atoms with E-state index in [-0.39, 0.29) is 0 Å². The third kappa shape index (κ3) is 3.24.